The minimum absolute atomic E-state index is 0. The highest BCUT2D eigenvalue weighted by atomic mass is 35.5. The van der Waals surface area contributed by atoms with Gasteiger partial charge in [-0.2, -0.15) is 0 Å². The molecule has 0 aliphatic heterocycles. The first-order valence-electron chi connectivity index (χ1n) is 6.91. The number of nitrogens with zero attached hydrogens (tertiary/aromatic N) is 1. The van der Waals surface area contributed by atoms with Gasteiger partial charge in [-0.15, -0.1) is 12.4 Å². The van der Waals surface area contributed by atoms with E-state index in [0.29, 0.717) is 38.1 Å². The van der Waals surface area contributed by atoms with E-state index in [2.05, 4.69) is 10.3 Å². The molecule has 8 heteroatoms. The summed E-state index contributed by atoms with van der Waals surface area (Å²) in [6.07, 6.45) is 1.31. The van der Waals surface area contributed by atoms with Gasteiger partial charge in [-0.25, -0.2) is 4.79 Å². The van der Waals surface area contributed by atoms with Gasteiger partial charge >= 0.3 is 5.97 Å². The molecule has 2 N–H and O–H groups in total. The van der Waals surface area contributed by atoms with E-state index in [-0.39, 0.29) is 18.0 Å². The quantitative estimate of drug-likeness (QED) is 0.613. The monoisotopic (exact) mass is 398 g/mol. The molecule has 1 heterocycles. The number of benzene rings is 2. The van der Waals surface area contributed by atoms with E-state index in [0.717, 1.165) is 0 Å². The van der Waals surface area contributed by atoms with Crippen LogP contribution in [0.4, 0.5) is 11.4 Å². The van der Waals surface area contributed by atoms with Crippen molar-refractivity contribution in [2.24, 2.45) is 0 Å². The number of aromatic carboxylic acids is 1. The van der Waals surface area contributed by atoms with Crippen LogP contribution in [0.2, 0.25) is 10.0 Å². The molecular formula is C17H13Cl3N2O3. The van der Waals surface area contributed by atoms with Crippen molar-refractivity contribution >= 4 is 63.9 Å². The predicted molar refractivity (Wildman–Crippen MR) is 102 cm³/mol. The number of carboxylic acid groups (broad SMARTS) is 1. The molecule has 2 aromatic carbocycles. The van der Waals surface area contributed by atoms with Gasteiger partial charge in [0.1, 0.15) is 11.3 Å². The Kier molecular flexibility index (Phi) is 5.95. The molecule has 130 valence electrons. The lowest BCUT2D eigenvalue weighted by atomic mass is 10.1. The second-order valence-electron chi connectivity index (χ2n) is 4.99. The Labute approximate surface area is 159 Å². The number of hydrogen-bond acceptors (Lipinski definition) is 4. The highest BCUT2D eigenvalue weighted by Crippen LogP contribution is 2.33. The number of hydrogen-bond donors (Lipinski definition) is 2. The molecular weight excluding hydrogens is 387 g/mol. The van der Waals surface area contributed by atoms with Crippen LogP contribution < -0.4 is 10.1 Å². The van der Waals surface area contributed by atoms with Crippen LogP contribution in [-0.4, -0.2) is 23.2 Å². The Morgan fingerprint density at radius 3 is 2.60 bits per heavy atom. The normalized spacial score (nSPS) is 10.2. The van der Waals surface area contributed by atoms with Gasteiger partial charge in [0.15, 0.2) is 0 Å². The van der Waals surface area contributed by atoms with Crippen LogP contribution in [0.1, 0.15) is 10.4 Å². The minimum atomic E-state index is -1.09. The van der Waals surface area contributed by atoms with Crippen molar-refractivity contribution < 1.29 is 14.6 Å². The SMILES string of the molecule is COc1ccc(Nc2c(C(=O)O)cnc3ccc(Cl)cc23)cc1Cl.Cl. The van der Waals surface area contributed by atoms with Crippen molar-refractivity contribution in [2.45, 2.75) is 0 Å². The van der Waals surface area contributed by atoms with Gasteiger partial charge in [0.05, 0.1) is 23.3 Å². The summed E-state index contributed by atoms with van der Waals surface area (Å²) >= 11 is 12.2. The summed E-state index contributed by atoms with van der Waals surface area (Å²) in [7, 11) is 1.52. The zero-order valence-electron chi connectivity index (χ0n) is 12.9. The summed E-state index contributed by atoms with van der Waals surface area (Å²) in [4.78, 5) is 15.7. The third-order valence-corrected chi connectivity index (χ3v) is 4.01. The maximum atomic E-state index is 11.5. The smallest absolute Gasteiger partial charge is 0.339 e. The van der Waals surface area contributed by atoms with Crippen LogP contribution in [-0.2, 0) is 0 Å². The maximum absolute atomic E-state index is 11.5. The molecule has 0 radical (unpaired) electrons. The van der Waals surface area contributed by atoms with Gasteiger partial charge < -0.3 is 15.2 Å². The van der Waals surface area contributed by atoms with Crippen LogP contribution in [0.15, 0.2) is 42.6 Å². The molecule has 25 heavy (non-hydrogen) atoms. The maximum Gasteiger partial charge on any atom is 0.339 e. The number of pyridine rings is 1. The molecule has 0 amide bonds. The van der Waals surface area contributed by atoms with Gasteiger partial charge in [-0.05, 0) is 36.4 Å². The number of aromatic nitrogens is 1. The number of halogens is 3. The average Bonchev–Trinajstić information content (AvgIpc) is 2.55. The number of nitrogens with one attached hydrogen (secondary N) is 1. The van der Waals surface area contributed by atoms with Gasteiger partial charge in [0.2, 0.25) is 0 Å². The van der Waals surface area contributed by atoms with Crippen molar-refractivity contribution in [3.05, 3.63) is 58.2 Å². The first-order valence-corrected chi connectivity index (χ1v) is 7.67. The molecule has 3 rings (SSSR count). The number of rotatable bonds is 4. The second kappa shape index (κ2) is 7.78. The number of ether oxygens (including phenoxy) is 1. The van der Waals surface area contributed by atoms with Crippen LogP contribution in [0.3, 0.4) is 0 Å². The third-order valence-electron chi connectivity index (χ3n) is 3.48. The van der Waals surface area contributed by atoms with Gasteiger partial charge in [0.25, 0.3) is 0 Å². The molecule has 0 saturated carbocycles. The summed E-state index contributed by atoms with van der Waals surface area (Å²) < 4.78 is 5.12. The molecule has 0 atom stereocenters. The zero-order chi connectivity index (χ0) is 17.3. The molecule has 0 aliphatic carbocycles. The summed E-state index contributed by atoms with van der Waals surface area (Å²) in [5.41, 5.74) is 1.69. The van der Waals surface area contributed by atoms with E-state index < -0.39 is 5.97 Å². The van der Waals surface area contributed by atoms with Crippen LogP contribution in [0.5, 0.6) is 5.75 Å². The molecule has 5 nitrogen and oxygen atoms in total. The fraction of sp³-hybridized carbons (Fsp3) is 0.0588. The average molecular weight is 400 g/mol. The number of anilines is 2. The standard InChI is InChI=1S/C17H12Cl2N2O3.ClH/c1-24-15-5-3-10(7-13(15)19)21-16-11-6-9(18)2-4-14(11)20-8-12(16)17(22)23;/h2-8H,1H3,(H,20,21)(H,22,23);1H. The number of carbonyl (C=O) groups is 1. The highest BCUT2D eigenvalue weighted by molar-refractivity contribution is 6.32. The molecule has 0 fully saturated rings. The minimum Gasteiger partial charge on any atom is -0.495 e. The molecule has 0 spiro atoms. The highest BCUT2D eigenvalue weighted by Gasteiger charge is 2.16. The van der Waals surface area contributed by atoms with E-state index >= 15 is 0 Å². The van der Waals surface area contributed by atoms with Crippen LogP contribution in [0, 0.1) is 0 Å². The molecule has 0 aliphatic rings. The summed E-state index contributed by atoms with van der Waals surface area (Å²) in [5, 5.41) is 14.1. The Hall–Kier alpha value is -2.21. The third kappa shape index (κ3) is 3.90. The summed E-state index contributed by atoms with van der Waals surface area (Å²) in [6, 6.07) is 10.2. The van der Waals surface area contributed by atoms with Crippen molar-refractivity contribution in [3.63, 3.8) is 0 Å². The van der Waals surface area contributed by atoms with Gasteiger partial charge in [-0.1, -0.05) is 23.2 Å². The number of carboxylic acids is 1. The summed E-state index contributed by atoms with van der Waals surface area (Å²) in [5.74, 6) is -0.560. The molecule has 1 aromatic heterocycles. The van der Waals surface area contributed by atoms with E-state index in [9.17, 15) is 9.90 Å². The largest absolute Gasteiger partial charge is 0.495 e. The lowest BCUT2D eigenvalue weighted by Crippen LogP contribution is -2.05. The van der Waals surface area contributed by atoms with Crippen molar-refractivity contribution in [2.75, 3.05) is 12.4 Å². The van der Waals surface area contributed by atoms with Crippen molar-refractivity contribution in [1.29, 1.82) is 0 Å². The topological polar surface area (TPSA) is 71.5 Å². The molecule has 0 bridgehead atoms. The molecule has 3 aromatic rings. The summed E-state index contributed by atoms with van der Waals surface area (Å²) in [6.45, 7) is 0. The number of fused-ring (bicyclic) bond motifs is 1. The predicted octanol–water partition coefficient (Wildman–Crippen LogP) is 5.41. The Morgan fingerprint density at radius 1 is 1.20 bits per heavy atom. The first kappa shape index (κ1) is 19.1. The first-order chi connectivity index (χ1) is 11.5. The Balaban J connectivity index is 0.00000225. The molecule has 0 saturated heterocycles. The Morgan fingerprint density at radius 2 is 1.96 bits per heavy atom. The van der Waals surface area contributed by atoms with Gasteiger partial charge in [-0.3, -0.25) is 4.98 Å². The van der Waals surface area contributed by atoms with Gasteiger partial charge in [0, 0.05) is 22.3 Å². The van der Waals surface area contributed by atoms with E-state index in [4.69, 9.17) is 27.9 Å². The molecule has 0 unspecified atom stereocenters. The van der Waals surface area contributed by atoms with Crippen molar-refractivity contribution in [1.82, 2.24) is 4.98 Å². The fourth-order valence-corrected chi connectivity index (χ4v) is 2.78. The second-order valence-corrected chi connectivity index (χ2v) is 5.83. The number of methoxy groups -OCH3 is 1. The van der Waals surface area contributed by atoms with E-state index in [1.54, 1.807) is 36.4 Å². The van der Waals surface area contributed by atoms with Crippen LogP contribution in [0.25, 0.3) is 10.9 Å². The lowest BCUT2D eigenvalue weighted by Gasteiger charge is -2.14. The fourth-order valence-electron chi connectivity index (χ4n) is 2.35. The van der Waals surface area contributed by atoms with Crippen molar-refractivity contribution in [3.8, 4) is 5.75 Å². The van der Waals surface area contributed by atoms with E-state index in [1.807, 2.05) is 0 Å². The Bertz CT molecular complexity index is 948. The lowest BCUT2D eigenvalue weighted by molar-refractivity contribution is 0.0697. The van der Waals surface area contributed by atoms with E-state index in [1.165, 1.54) is 13.3 Å². The zero-order valence-corrected chi connectivity index (χ0v) is 15.2. The van der Waals surface area contributed by atoms with Crippen LogP contribution >= 0.6 is 35.6 Å².